The normalized spacial score (nSPS) is 21.4. The highest BCUT2D eigenvalue weighted by molar-refractivity contribution is 7.99. The van der Waals surface area contributed by atoms with E-state index in [1.807, 2.05) is 17.8 Å². The Balaban J connectivity index is 2.05. The minimum absolute atomic E-state index is 0.593. The van der Waals surface area contributed by atoms with Crippen molar-refractivity contribution in [2.24, 2.45) is 0 Å². The molecule has 0 radical (unpaired) electrons. The Hall–Kier alpha value is -0.180. The van der Waals surface area contributed by atoms with Crippen LogP contribution in [0.15, 0.2) is 23.1 Å². The second-order valence-electron chi connectivity index (χ2n) is 3.61. The van der Waals surface area contributed by atoms with Crippen molar-refractivity contribution < 1.29 is 0 Å². The second-order valence-corrected chi connectivity index (χ2v) is 5.30. The molecule has 0 amide bonds. The van der Waals surface area contributed by atoms with Gasteiger partial charge in [0.2, 0.25) is 0 Å². The molecule has 1 atom stereocenters. The summed E-state index contributed by atoms with van der Waals surface area (Å²) in [7, 11) is 0. The summed E-state index contributed by atoms with van der Waals surface area (Å²) < 4.78 is 0. The van der Waals surface area contributed by atoms with Crippen molar-refractivity contribution in [3.05, 3.63) is 28.8 Å². The van der Waals surface area contributed by atoms with Gasteiger partial charge in [-0.05, 0) is 50.1 Å². The SMILES string of the molecule is Cc1cc(SC2CCCN2)ccc1Cl. The molecule has 2 rings (SSSR count). The molecule has 1 saturated heterocycles. The summed E-state index contributed by atoms with van der Waals surface area (Å²) in [5.74, 6) is 0. The van der Waals surface area contributed by atoms with Crippen LogP contribution in [0.5, 0.6) is 0 Å². The van der Waals surface area contributed by atoms with E-state index in [2.05, 4.69) is 24.4 Å². The first-order valence-corrected chi connectivity index (χ1v) is 6.17. The summed E-state index contributed by atoms with van der Waals surface area (Å²) in [5.41, 5.74) is 1.16. The van der Waals surface area contributed by atoms with Gasteiger partial charge in [-0.2, -0.15) is 0 Å². The lowest BCUT2D eigenvalue weighted by Crippen LogP contribution is -2.16. The second kappa shape index (κ2) is 4.56. The number of hydrogen-bond acceptors (Lipinski definition) is 2. The third-order valence-electron chi connectivity index (χ3n) is 2.42. The smallest absolute Gasteiger partial charge is 0.0580 e. The standard InChI is InChI=1S/C11H14ClNS/c1-8-7-9(4-5-10(8)12)14-11-3-2-6-13-11/h4-5,7,11,13H,2-3,6H2,1H3. The molecule has 14 heavy (non-hydrogen) atoms. The van der Waals surface area contributed by atoms with Gasteiger partial charge in [0.25, 0.3) is 0 Å². The molecule has 0 spiro atoms. The molecule has 1 aliphatic heterocycles. The summed E-state index contributed by atoms with van der Waals surface area (Å²) in [6.07, 6.45) is 2.57. The van der Waals surface area contributed by atoms with E-state index in [9.17, 15) is 0 Å². The minimum atomic E-state index is 0.593. The fourth-order valence-electron chi connectivity index (χ4n) is 1.61. The lowest BCUT2D eigenvalue weighted by Gasteiger charge is -2.10. The number of halogens is 1. The van der Waals surface area contributed by atoms with Crippen molar-refractivity contribution in [3.63, 3.8) is 0 Å². The van der Waals surface area contributed by atoms with E-state index in [4.69, 9.17) is 11.6 Å². The van der Waals surface area contributed by atoms with Gasteiger partial charge in [0.1, 0.15) is 0 Å². The zero-order valence-electron chi connectivity index (χ0n) is 8.22. The molecule has 1 nitrogen and oxygen atoms in total. The largest absolute Gasteiger partial charge is 0.305 e. The summed E-state index contributed by atoms with van der Waals surface area (Å²) in [6, 6.07) is 6.24. The van der Waals surface area contributed by atoms with E-state index in [1.54, 1.807) is 0 Å². The topological polar surface area (TPSA) is 12.0 Å². The Bertz CT molecular complexity index is 321. The van der Waals surface area contributed by atoms with Crippen LogP contribution < -0.4 is 5.32 Å². The lowest BCUT2D eigenvalue weighted by atomic mass is 10.2. The number of rotatable bonds is 2. The van der Waals surface area contributed by atoms with Crippen LogP contribution in [-0.2, 0) is 0 Å². The van der Waals surface area contributed by atoms with Crippen LogP contribution in [0.1, 0.15) is 18.4 Å². The molecule has 1 aromatic carbocycles. The zero-order valence-corrected chi connectivity index (χ0v) is 9.79. The van der Waals surface area contributed by atoms with Crippen LogP contribution in [-0.4, -0.2) is 11.9 Å². The monoisotopic (exact) mass is 227 g/mol. The number of nitrogens with one attached hydrogen (secondary N) is 1. The van der Waals surface area contributed by atoms with E-state index in [0.717, 1.165) is 17.1 Å². The molecule has 1 N–H and O–H groups in total. The summed E-state index contributed by atoms with van der Waals surface area (Å²) >= 11 is 7.88. The van der Waals surface area contributed by atoms with Crippen LogP contribution in [0, 0.1) is 6.92 Å². The average Bonchev–Trinajstić information content (AvgIpc) is 2.64. The maximum Gasteiger partial charge on any atom is 0.0580 e. The van der Waals surface area contributed by atoms with Gasteiger partial charge in [-0.15, -0.1) is 11.8 Å². The van der Waals surface area contributed by atoms with Crippen molar-refractivity contribution in [1.82, 2.24) is 5.32 Å². The van der Waals surface area contributed by atoms with E-state index in [-0.39, 0.29) is 0 Å². The quantitative estimate of drug-likeness (QED) is 0.831. The van der Waals surface area contributed by atoms with Gasteiger partial charge in [-0.25, -0.2) is 0 Å². The fraction of sp³-hybridized carbons (Fsp3) is 0.455. The van der Waals surface area contributed by atoms with Crippen molar-refractivity contribution >= 4 is 23.4 Å². The van der Waals surface area contributed by atoms with Gasteiger partial charge < -0.3 is 5.32 Å². The fourth-order valence-corrected chi connectivity index (χ4v) is 2.93. The van der Waals surface area contributed by atoms with Gasteiger partial charge in [-0.3, -0.25) is 0 Å². The van der Waals surface area contributed by atoms with Crippen molar-refractivity contribution in [3.8, 4) is 0 Å². The summed E-state index contributed by atoms with van der Waals surface area (Å²) in [4.78, 5) is 1.31. The van der Waals surface area contributed by atoms with Crippen molar-refractivity contribution in [2.75, 3.05) is 6.54 Å². The van der Waals surface area contributed by atoms with Gasteiger partial charge in [-0.1, -0.05) is 11.6 Å². The molecule has 0 aromatic heterocycles. The average molecular weight is 228 g/mol. The van der Waals surface area contributed by atoms with Gasteiger partial charge in [0.05, 0.1) is 5.37 Å². The van der Waals surface area contributed by atoms with Crippen LogP contribution >= 0.6 is 23.4 Å². The first-order valence-electron chi connectivity index (χ1n) is 4.92. The Morgan fingerprint density at radius 1 is 1.50 bits per heavy atom. The summed E-state index contributed by atoms with van der Waals surface area (Å²) in [6.45, 7) is 3.21. The minimum Gasteiger partial charge on any atom is -0.305 e. The number of aryl methyl sites for hydroxylation is 1. The molecular weight excluding hydrogens is 214 g/mol. The predicted octanol–water partition coefficient (Wildman–Crippen LogP) is 3.45. The third kappa shape index (κ3) is 2.44. The van der Waals surface area contributed by atoms with E-state index < -0.39 is 0 Å². The maximum absolute atomic E-state index is 5.97. The van der Waals surface area contributed by atoms with Crippen molar-refractivity contribution in [2.45, 2.75) is 30.0 Å². The van der Waals surface area contributed by atoms with Gasteiger partial charge in [0, 0.05) is 9.92 Å². The molecule has 1 heterocycles. The number of thioether (sulfide) groups is 1. The van der Waals surface area contributed by atoms with Crippen LogP contribution in [0.3, 0.4) is 0 Å². The molecule has 0 saturated carbocycles. The summed E-state index contributed by atoms with van der Waals surface area (Å²) in [5, 5.41) is 4.92. The molecule has 1 fully saturated rings. The maximum atomic E-state index is 5.97. The molecule has 0 bridgehead atoms. The first-order chi connectivity index (χ1) is 6.75. The molecule has 0 aliphatic carbocycles. The number of benzene rings is 1. The molecule has 3 heteroatoms. The Kier molecular flexibility index (Phi) is 3.37. The Labute approximate surface area is 94.2 Å². The Morgan fingerprint density at radius 3 is 3.00 bits per heavy atom. The van der Waals surface area contributed by atoms with Gasteiger partial charge >= 0.3 is 0 Å². The molecule has 1 unspecified atom stereocenters. The van der Waals surface area contributed by atoms with E-state index in [0.29, 0.717) is 5.37 Å². The van der Waals surface area contributed by atoms with Gasteiger partial charge in [0.15, 0.2) is 0 Å². The highest BCUT2D eigenvalue weighted by atomic mass is 35.5. The van der Waals surface area contributed by atoms with Crippen LogP contribution in [0.25, 0.3) is 0 Å². The molecular formula is C11H14ClNS. The van der Waals surface area contributed by atoms with E-state index >= 15 is 0 Å². The zero-order chi connectivity index (χ0) is 9.97. The highest BCUT2D eigenvalue weighted by Gasteiger charge is 2.14. The lowest BCUT2D eigenvalue weighted by molar-refractivity contribution is 0.806. The molecule has 1 aliphatic rings. The molecule has 76 valence electrons. The predicted molar refractivity (Wildman–Crippen MR) is 63.1 cm³/mol. The van der Waals surface area contributed by atoms with Crippen molar-refractivity contribution in [1.29, 1.82) is 0 Å². The van der Waals surface area contributed by atoms with Crippen LogP contribution in [0.2, 0.25) is 5.02 Å². The Morgan fingerprint density at radius 2 is 2.36 bits per heavy atom. The molecule has 1 aromatic rings. The first kappa shape index (κ1) is 10.3. The third-order valence-corrected chi connectivity index (χ3v) is 4.06. The van der Waals surface area contributed by atoms with Crippen LogP contribution in [0.4, 0.5) is 0 Å². The number of hydrogen-bond donors (Lipinski definition) is 1. The van der Waals surface area contributed by atoms with E-state index in [1.165, 1.54) is 17.7 Å². The highest BCUT2D eigenvalue weighted by Crippen LogP contribution is 2.29.